The zero-order chi connectivity index (χ0) is 20.5. The van der Waals surface area contributed by atoms with Crippen LogP contribution in [0, 0.1) is 6.92 Å². The molecule has 0 aromatic carbocycles. The highest BCUT2D eigenvalue weighted by Gasteiger charge is 2.34. The van der Waals surface area contributed by atoms with E-state index in [1.54, 1.807) is 0 Å². The second-order valence-corrected chi connectivity index (χ2v) is 6.82. The minimum Gasteiger partial charge on any atom is -0.354 e. The normalized spacial score (nSPS) is 14.7. The van der Waals surface area contributed by atoms with Gasteiger partial charge in [0.25, 0.3) is 6.43 Å². The molecule has 1 fully saturated rings. The first-order valence-corrected chi connectivity index (χ1v) is 8.89. The lowest BCUT2D eigenvalue weighted by Crippen LogP contribution is -2.30. The second-order valence-electron chi connectivity index (χ2n) is 6.82. The van der Waals surface area contributed by atoms with Gasteiger partial charge >= 0.3 is 6.18 Å². The van der Waals surface area contributed by atoms with Gasteiger partial charge in [0.2, 0.25) is 5.91 Å². The molecule has 3 rings (SSSR count). The molecule has 1 aliphatic carbocycles. The number of nitrogens with one attached hydrogen (secondary N) is 1. The number of amides is 1. The van der Waals surface area contributed by atoms with Crippen molar-refractivity contribution >= 4 is 5.91 Å². The molecule has 0 aliphatic heterocycles. The number of carbonyl (C=O) groups excluding carboxylic acids is 1. The third-order valence-corrected chi connectivity index (χ3v) is 4.48. The molecule has 0 atom stereocenters. The van der Waals surface area contributed by atoms with Crippen molar-refractivity contribution in [3.05, 3.63) is 34.9 Å². The van der Waals surface area contributed by atoms with Crippen LogP contribution in [-0.4, -0.2) is 32.0 Å². The van der Waals surface area contributed by atoms with Crippen molar-refractivity contribution in [1.29, 1.82) is 0 Å². The summed E-state index contributed by atoms with van der Waals surface area (Å²) in [5, 5.41) is 10.2. The molecule has 1 aliphatic rings. The Labute approximate surface area is 157 Å². The third kappa shape index (κ3) is 4.87. The fourth-order valence-corrected chi connectivity index (χ4v) is 2.86. The highest BCUT2D eigenvalue weighted by Crippen LogP contribution is 2.40. The third-order valence-electron chi connectivity index (χ3n) is 4.48. The second kappa shape index (κ2) is 7.88. The summed E-state index contributed by atoms with van der Waals surface area (Å²) in [6.07, 6.45) is -5.06. The van der Waals surface area contributed by atoms with Crippen LogP contribution in [0.5, 0.6) is 0 Å². The minimum atomic E-state index is -4.50. The molecule has 1 saturated carbocycles. The summed E-state index contributed by atoms with van der Waals surface area (Å²) in [4.78, 5) is 12.0. The van der Waals surface area contributed by atoms with E-state index in [9.17, 15) is 26.7 Å². The molecule has 1 N–H and O–H groups in total. The maximum Gasteiger partial charge on any atom is 0.435 e. The van der Waals surface area contributed by atoms with Crippen LogP contribution in [-0.2, 0) is 24.1 Å². The van der Waals surface area contributed by atoms with Gasteiger partial charge in [0, 0.05) is 24.7 Å². The van der Waals surface area contributed by atoms with Crippen molar-refractivity contribution in [3.63, 3.8) is 0 Å². The summed E-state index contributed by atoms with van der Waals surface area (Å²) in [5.41, 5.74) is -0.301. The molecule has 28 heavy (non-hydrogen) atoms. The number of hydrogen-bond acceptors (Lipinski definition) is 3. The Morgan fingerprint density at radius 2 is 1.96 bits per heavy atom. The van der Waals surface area contributed by atoms with Crippen LogP contribution in [0.25, 0.3) is 0 Å². The van der Waals surface area contributed by atoms with E-state index in [4.69, 9.17) is 0 Å². The number of hydrogen-bond donors (Lipinski definition) is 1. The van der Waals surface area contributed by atoms with E-state index in [1.807, 2.05) is 0 Å². The average molecular weight is 405 g/mol. The van der Waals surface area contributed by atoms with E-state index in [0.717, 1.165) is 23.6 Å². The smallest absolute Gasteiger partial charge is 0.354 e. The fraction of sp³-hybridized carbons (Fsp3) is 0.588. The van der Waals surface area contributed by atoms with Crippen LogP contribution < -0.4 is 5.32 Å². The first-order valence-electron chi connectivity index (χ1n) is 8.89. The van der Waals surface area contributed by atoms with E-state index >= 15 is 0 Å². The Kier molecular flexibility index (Phi) is 5.71. The highest BCUT2D eigenvalue weighted by atomic mass is 19.4. The SMILES string of the molecule is Cc1cc(C(F)(F)F)nn1CCCNC(=O)Cn1nc(C2CC2)cc1C(F)F. The number of alkyl halides is 5. The molecule has 0 bridgehead atoms. The lowest BCUT2D eigenvalue weighted by Gasteiger charge is -2.09. The molecule has 0 unspecified atom stereocenters. The van der Waals surface area contributed by atoms with Crippen molar-refractivity contribution < 1.29 is 26.7 Å². The number of aromatic nitrogens is 4. The van der Waals surface area contributed by atoms with Gasteiger partial charge in [-0.05, 0) is 38.3 Å². The van der Waals surface area contributed by atoms with Crippen molar-refractivity contribution in [2.75, 3.05) is 6.54 Å². The Hall–Kier alpha value is -2.46. The molecule has 154 valence electrons. The Balaban J connectivity index is 1.48. The topological polar surface area (TPSA) is 64.7 Å². The maximum atomic E-state index is 13.1. The molecule has 6 nitrogen and oxygen atoms in total. The number of aryl methyl sites for hydroxylation is 2. The molecule has 0 radical (unpaired) electrons. The quantitative estimate of drug-likeness (QED) is 0.541. The van der Waals surface area contributed by atoms with Gasteiger partial charge < -0.3 is 5.32 Å². The lowest BCUT2D eigenvalue weighted by atomic mass is 10.3. The number of halogens is 5. The van der Waals surface area contributed by atoms with Crippen molar-refractivity contribution in [1.82, 2.24) is 24.9 Å². The zero-order valence-electron chi connectivity index (χ0n) is 15.1. The van der Waals surface area contributed by atoms with Crippen molar-refractivity contribution in [2.24, 2.45) is 0 Å². The lowest BCUT2D eigenvalue weighted by molar-refractivity contribution is -0.141. The monoisotopic (exact) mass is 405 g/mol. The molecule has 0 saturated heterocycles. The average Bonchev–Trinajstić information content (AvgIpc) is 3.25. The molecule has 11 heteroatoms. The van der Waals surface area contributed by atoms with Crippen molar-refractivity contribution in [2.45, 2.75) is 57.8 Å². The van der Waals surface area contributed by atoms with Gasteiger partial charge in [0.05, 0.1) is 5.69 Å². The van der Waals surface area contributed by atoms with Crippen molar-refractivity contribution in [3.8, 4) is 0 Å². The summed E-state index contributed by atoms with van der Waals surface area (Å²) in [7, 11) is 0. The number of nitrogens with zero attached hydrogens (tertiary/aromatic N) is 4. The van der Waals surface area contributed by atoms with Gasteiger partial charge in [-0.15, -0.1) is 0 Å². The van der Waals surface area contributed by atoms with Crippen LogP contribution in [0.1, 0.15) is 54.4 Å². The van der Waals surface area contributed by atoms with E-state index in [-0.39, 0.29) is 31.2 Å². The summed E-state index contributed by atoms with van der Waals surface area (Å²) < 4.78 is 66.4. The fourth-order valence-electron chi connectivity index (χ4n) is 2.86. The predicted molar refractivity (Wildman–Crippen MR) is 88.8 cm³/mol. The summed E-state index contributed by atoms with van der Waals surface area (Å²) in [6.45, 7) is 1.56. The largest absolute Gasteiger partial charge is 0.435 e. The number of rotatable bonds is 8. The van der Waals surface area contributed by atoms with Crippen LogP contribution in [0.3, 0.4) is 0 Å². The van der Waals surface area contributed by atoms with Crippen LogP contribution in [0.2, 0.25) is 0 Å². The van der Waals surface area contributed by atoms with E-state index < -0.39 is 24.2 Å². The van der Waals surface area contributed by atoms with Crippen LogP contribution in [0.4, 0.5) is 22.0 Å². The van der Waals surface area contributed by atoms with E-state index in [1.165, 1.54) is 17.7 Å². The molecule has 2 aromatic rings. The van der Waals surface area contributed by atoms with Crippen LogP contribution >= 0.6 is 0 Å². The Morgan fingerprint density at radius 3 is 2.54 bits per heavy atom. The predicted octanol–water partition coefficient (Wildman–Crippen LogP) is 3.43. The molecular formula is C17H20F5N5O. The summed E-state index contributed by atoms with van der Waals surface area (Å²) >= 11 is 0. The molecule has 2 aromatic heterocycles. The van der Waals surface area contributed by atoms with Gasteiger partial charge in [-0.1, -0.05) is 0 Å². The molecule has 1 amide bonds. The Bertz CT molecular complexity index is 838. The van der Waals surface area contributed by atoms with Gasteiger partial charge in [-0.3, -0.25) is 14.2 Å². The molecule has 0 spiro atoms. The maximum absolute atomic E-state index is 13.1. The first-order chi connectivity index (χ1) is 13.1. The summed E-state index contributed by atoms with van der Waals surface area (Å²) in [6, 6.07) is 2.30. The molecule has 2 heterocycles. The van der Waals surface area contributed by atoms with Crippen LogP contribution in [0.15, 0.2) is 12.1 Å². The Morgan fingerprint density at radius 1 is 1.25 bits per heavy atom. The summed E-state index contributed by atoms with van der Waals surface area (Å²) in [5.74, 6) is -0.291. The highest BCUT2D eigenvalue weighted by molar-refractivity contribution is 5.75. The van der Waals surface area contributed by atoms with Gasteiger partial charge in [-0.2, -0.15) is 23.4 Å². The standard InChI is InChI=1S/C17H20F5N5O/c1-10-7-14(17(20,21)22)25-26(10)6-2-5-23-15(28)9-27-13(16(18)19)8-12(24-27)11-3-4-11/h7-8,11,16H,2-6,9H2,1H3,(H,23,28). The molecular weight excluding hydrogens is 385 g/mol. The first kappa shape index (κ1) is 20.3. The zero-order valence-corrected chi connectivity index (χ0v) is 15.1. The van der Waals surface area contributed by atoms with Gasteiger partial charge in [0.15, 0.2) is 5.69 Å². The van der Waals surface area contributed by atoms with E-state index in [0.29, 0.717) is 17.8 Å². The van der Waals surface area contributed by atoms with Gasteiger partial charge in [-0.25, -0.2) is 8.78 Å². The van der Waals surface area contributed by atoms with Gasteiger partial charge in [0.1, 0.15) is 12.2 Å². The number of carbonyl (C=O) groups is 1. The minimum absolute atomic E-state index is 0.181. The van der Waals surface area contributed by atoms with E-state index in [2.05, 4.69) is 15.5 Å².